The topological polar surface area (TPSA) is 90.9 Å². The number of anilines is 1. The second-order valence-electron chi connectivity index (χ2n) is 10.8. The molecule has 5 rings (SSSR count). The number of carbonyl (C=O) groups is 2. The molecule has 1 heterocycles. The number of halogens is 3. The number of carbonyl (C=O) groups excluding carboxylic acids is 1. The maximum atomic E-state index is 15.6. The summed E-state index contributed by atoms with van der Waals surface area (Å²) in [5.74, 6) is -1.69. The van der Waals surface area contributed by atoms with E-state index < -0.39 is 23.7 Å². The lowest BCUT2D eigenvalue weighted by molar-refractivity contribution is -0.120. The van der Waals surface area contributed by atoms with Crippen molar-refractivity contribution >= 4 is 40.8 Å². The molecule has 1 aliphatic carbocycles. The molecule has 2 aliphatic rings. The molecular weight excluding hydrogens is 568 g/mol. The number of ether oxygens (including phenoxy) is 1. The fraction of sp³-hybridized carbons (Fsp3) is 0.355. The number of carboxylic acid groups (broad SMARTS) is 1. The first kappa shape index (κ1) is 29.3. The number of carboxylic acids is 1. The molecule has 4 unspecified atom stereocenters. The summed E-state index contributed by atoms with van der Waals surface area (Å²) in [7, 11) is 1.43. The van der Waals surface area contributed by atoms with E-state index in [1.54, 1.807) is 48.5 Å². The van der Waals surface area contributed by atoms with Gasteiger partial charge in [0.1, 0.15) is 17.1 Å². The Morgan fingerprint density at radius 1 is 1.12 bits per heavy atom. The third-order valence-electron chi connectivity index (χ3n) is 7.91. The average Bonchev–Trinajstić information content (AvgIpc) is 3.69. The Morgan fingerprint density at radius 2 is 1.88 bits per heavy atom. The lowest BCUT2D eigenvalue weighted by Gasteiger charge is -2.29. The zero-order valence-corrected chi connectivity index (χ0v) is 24.3. The Balaban J connectivity index is 1.50. The minimum Gasteiger partial charge on any atom is -0.496 e. The molecule has 1 amide bonds. The highest BCUT2D eigenvalue weighted by Gasteiger charge is 2.49. The molecule has 41 heavy (non-hydrogen) atoms. The quantitative estimate of drug-likeness (QED) is 0.251. The molecule has 10 heteroatoms. The van der Waals surface area contributed by atoms with Gasteiger partial charge in [-0.05, 0) is 73.2 Å². The van der Waals surface area contributed by atoms with Crippen LogP contribution in [0.25, 0.3) is 0 Å². The Hall–Kier alpha value is -3.17. The molecule has 3 N–H and O–H groups in total. The number of aromatic carboxylic acids is 1. The van der Waals surface area contributed by atoms with Gasteiger partial charge in [0, 0.05) is 41.8 Å². The number of likely N-dealkylation sites (tertiary alicyclic amines) is 1. The predicted molar refractivity (Wildman–Crippen MR) is 158 cm³/mol. The zero-order valence-electron chi connectivity index (χ0n) is 22.7. The first-order chi connectivity index (χ1) is 19.7. The van der Waals surface area contributed by atoms with Gasteiger partial charge >= 0.3 is 5.97 Å². The van der Waals surface area contributed by atoms with Gasteiger partial charge in [-0.15, -0.1) is 0 Å². The van der Waals surface area contributed by atoms with E-state index in [1.807, 2.05) is 6.92 Å². The van der Waals surface area contributed by atoms with Gasteiger partial charge in [0.2, 0.25) is 5.91 Å². The Morgan fingerprint density at radius 3 is 2.56 bits per heavy atom. The molecule has 2 fully saturated rings. The van der Waals surface area contributed by atoms with Crippen molar-refractivity contribution in [1.29, 1.82) is 0 Å². The van der Waals surface area contributed by atoms with Crippen LogP contribution in [0.15, 0.2) is 60.7 Å². The summed E-state index contributed by atoms with van der Waals surface area (Å²) in [6, 6.07) is 15.5. The first-order valence-electron chi connectivity index (χ1n) is 13.6. The minimum absolute atomic E-state index is 0.00191. The van der Waals surface area contributed by atoms with Crippen LogP contribution in [0, 0.1) is 11.7 Å². The van der Waals surface area contributed by atoms with E-state index in [0.29, 0.717) is 28.7 Å². The number of rotatable bonds is 10. The number of hydrogen-bond acceptors (Lipinski definition) is 5. The van der Waals surface area contributed by atoms with Crippen LogP contribution in [-0.2, 0) is 4.79 Å². The largest absolute Gasteiger partial charge is 0.496 e. The monoisotopic (exact) mass is 599 g/mol. The van der Waals surface area contributed by atoms with E-state index >= 15 is 4.39 Å². The van der Waals surface area contributed by atoms with Crippen molar-refractivity contribution in [2.24, 2.45) is 5.92 Å². The normalized spacial score (nSPS) is 21.4. The van der Waals surface area contributed by atoms with E-state index in [9.17, 15) is 14.7 Å². The highest BCUT2D eigenvalue weighted by molar-refractivity contribution is 6.31. The van der Waals surface area contributed by atoms with Gasteiger partial charge < -0.3 is 20.5 Å². The van der Waals surface area contributed by atoms with Gasteiger partial charge in [-0.25, -0.2) is 9.18 Å². The van der Waals surface area contributed by atoms with Crippen LogP contribution in [-0.4, -0.2) is 54.2 Å². The van der Waals surface area contributed by atoms with Gasteiger partial charge in [0.05, 0.1) is 18.2 Å². The van der Waals surface area contributed by atoms with Gasteiger partial charge in [0.15, 0.2) is 0 Å². The molecule has 0 aromatic heterocycles. The molecule has 0 spiro atoms. The van der Waals surface area contributed by atoms with Crippen molar-refractivity contribution < 1.29 is 23.8 Å². The molecular formula is C31H32Cl2FN3O4. The van der Waals surface area contributed by atoms with Crippen molar-refractivity contribution in [3.8, 4) is 5.75 Å². The number of nitrogens with zero attached hydrogens (tertiary/aromatic N) is 1. The van der Waals surface area contributed by atoms with Crippen molar-refractivity contribution in [2.45, 2.75) is 43.8 Å². The molecule has 7 nitrogen and oxygen atoms in total. The lowest BCUT2D eigenvalue weighted by Crippen LogP contribution is -2.44. The number of hydrogen-bond donors (Lipinski definition) is 3. The van der Waals surface area contributed by atoms with Crippen molar-refractivity contribution in [3.63, 3.8) is 0 Å². The van der Waals surface area contributed by atoms with Crippen molar-refractivity contribution in [1.82, 2.24) is 10.2 Å². The van der Waals surface area contributed by atoms with E-state index in [-0.39, 0.29) is 34.3 Å². The molecule has 216 valence electrons. The average molecular weight is 601 g/mol. The van der Waals surface area contributed by atoms with Crippen LogP contribution >= 0.6 is 23.2 Å². The van der Waals surface area contributed by atoms with E-state index in [4.69, 9.17) is 27.9 Å². The maximum Gasteiger partial charge on any atom is 0.339 e. The lowest BCUT2D eigenvalue weighted by atomic mass is 9.86. The van der Waals surface area contributed by atoms with Crippen LogP contribution in [0.1, 0.15) is 53.2 Å². The van der Waals surface area contributed by atoms with Gasteiger partial charge in [0.25, 0.3) is 0 Å². The summed E-state index contributed by atoms with van der Waals surface area (Å²) in [6.45, 7) is 3.18. The molecule has 3 aromatic rings. The van der Waals surface area contributed by atoms with Crippen molar-refractivity contribution in [2.75, 3.05) is 25.5 Å². The Labute approximate surface area is 248 Å². The standard InChI is InChI=1S/C31H32Cl2FN3O4/c1-17(19-11-12-22(31(39)40)26(13-19)41-2)35-25-16-37(15-18-9-10-18)29(27(25)23-7-4-8-24(33)28(23)34)30(38)36-21-6-3-5-20(32)14-21/h3-8,11-14,17-18,25,27,29,35H,9-10,15-16H2,1-2H3,(H,36,38)(H,39,40). The fourth-order valence-corrected chi connectivity index (χ4v) is 6.12. The summed E-state index contributed by atoms with van der Waals surface area (Å²) < 4.78 is 20.9. The summed E-state index contributed by atoms with van der Waals surface area (Å²) in [5, 5.41) is 16.6. The molecule has 0 radical (unpaired) electrons. The highest BCUT2D eigenvalue weighted by Crippen LogP contribution is 2.41. The number of methoxy groups -OCH3 is 1. The van der Waals surface area contributed by atoms with Gasteiger partial charge in [-0.2, -0.15) is 0 Å². The zero-order chi connectivity index (χ0) is 29.3. The smallest absolute Gasteiger partial charge is 0.339 e. The Kier molecular flexibility index (Phi) is 8.85. The third-order valence-corrected chi connectivity index (χ3v) is 8.44. The fourth-order valence-electron chi connectivity index (χ4n) is 5.75. The van der Waals surface area contributed by atoms with Crippen molar-refractivity contribution in [3.05, 3.63) is 93.2 Å². The molecule has 1 aliphatic heterocycles. The van der Waals surface area contributed by atoms with Crippen LogP contribution in [0.2, 0.25) is 10.0 Å². The van der Waals surface area contributed by atoms with Crippen LogP contribution < -0.4 is 15.4 Å². The van der Waals surface area contributed by atoms with E-state index in [1.165, 1.54) is 19.2 Å². The van der Waals surface area contributed by atoms with Gasteiger partial charge in [-0.3, -0.25) is 9.69 Å². The Bertz CT molecular complexity index is 1450. The molecule has 4 atom stereocenters. The van der Waals surface area contributed by atoms with Gasteiger partial charge in [-0.1, -0.05) is 47.5 Å². The summed E-state index contributed by atoms with van der Waals surface area (Å²) in [4.78, 5) is 27.7. The summed E-state index contributed by atoms with van der Waals surface area (Å²) >= 11 is 12.4. The second-order valence-corrected chi connectivity index (χ2v) is 11.6. The minimum atomic E-state index is -1.08. The molecule has 0 bridgehead atoms. The number of benzene rings is 3. The molecule has 1 saturated heterocycles. The third kappa shape index (κ3) is 6.51. The number of amides is 1. The SMILES string of the molecule is COc1cc(C(C)NC2CN(CC3CC3)C(C(=O)Nc3cccc(Cl)c3)C2c2cccc(Cl)c2F)ccc1C(=O)O. The summed E-state index contributed by atoms with van der Waals surface area (Å²) in [5.41, 5.74) is 1.80. The van der Waals surface area contributed by atoms with Crippen LogP contribution in [0.5, 0.6) is 5.75 Å². The summed E-state index contributed by atoms with van der Waals surface area (Å²) in [6.07, 6.45) is 2.19. The van der Waals surface area contributed by atoms with Crippen LogP contribution in [0.3, 0.4) is 0 Å². The van der Waals surface area contributed by atoms with Crippen LogP contribution in [0.4, 0.5) is 10.1 Å². The van der Waals surface area contributed by atoms with E-state index in [2.05, 4.69) is 15.5 Å². The van der Waals surface area contributed by atoms with E-state index in [0.717, 1.165) is 24.9 Å². The second kappa shape index (κ2) is 12.4. The molecule has 1 saturated carbocycles. The number of nitrogens with one attached hydrogen (secondary N) is 2. The first-order valence-corrected chi connectivity index (χ1v) is 14.3. The highest BCUT2D eigenvalue weighted by atomic mass is 35.5. The molecule has 3 aromatic carbocycles. The maximum absolute atomic E-state index is 15.6. The predicted octanol–water partition coefficient (Wildman–Crippen LogP) is 6.38.